The first kappa shape index (κ1) is 18.5. The van der Waals surface area contributed by atoms with E-state index in [1.165, 1.54) is 5.56 Å². The van der Waals surface area contributed by atoms with Gasteiger partial charge >= 0.3 is 0 Å². The summed E-state index contributed by atoms with van der Waals surface area (Å²) < 4.78 is 2.20. The van der Waals surface area contributed by atoms with E-state index < -0.39 is 0 Å². The van der Waals surface area contributed by atoms with Gasteiger partial charge in [-0.15, -0.1) is 0 Å². The van der Waals surface area contributed by atoms with E-state index in [1.807, 2.05) is 48.9 Å². The molecule has 30 heavy (non-hydrogen) atoms. The van der Waals surface area contributed by atoms with E-state index in [4.69, 9.17) is 12.2 Å². The maximum atomic E-state index is 5.82. The number of thiocarbonyl (C=S) groups is 1. The average Bonchev–Trinajstić information content (AvgIpc) is 3.39. The molecule has 5 nitrogen and oxygen atoms in total. The van der Waals surface area contributed by atoms with Gasteiger partial charge in [0.15, 0.2) is 5.11 Å². The van der Waals surface area contributed by atoms with E-state index in [0.717, 1.165) is 22.8 Å². The summed E-state index contributed by atoms with van der Waals surface area (Å²) in [6, 6.07) is 22.6. The normalized spacial score (nSPS) is 18.4. The minimum absolute atomic E-state index is 0.0580. The van der Waals surface area contributed by atoms with Gasteiger partial charge in [0.25, 0.3) is 0 Å². The Balaban J connectivity index is 1.68. The van der Waals surface area contributed by atoms with Crippen molar-refractivity contribution in [2.24, 2.45) is 0 Å². The molecule has 0 spiro atoms. The van der Waals surface area contributed by atoms with Gasteiger partial charge < -0.3 is 14.8 Å². The smallest absolute Gasteiger partial charge is 0.174 e. The van der Waals surface area contributed by atoms with Gasteiger partial charge in [-0.25, -0.2) is 0 Å². The van der Waals surface area contributed by atoms with E-state index in [2.05, 4.69) is 74.3 Å². The molecule has 1 aliphatic rings. The number of nitrogens with one attached hydrogen (secondary N) is 1. The van der Waals surface area contributed by atoms with Crippen molar-refractivity contribution in [1.82, 2.24) is 19.9 Å². The van der Waals surface area contributed by atoms with Crippen LogP contribution in [0.4, 0.5) is 5.69 Å². The van der Waals surface area contributed by atoms with Crippen LogP contribution in [0.3, 0.4) is 0 Å². The van der Waals surface area contributed by atoms with Crippen molar-refractivity contribution < 1.29 is 0 Å². The number of hydrogen-bond acceptors (Lipinski definition) is 3. The molecular formula is C24H21N5S. The summed E-state index contributed by atoms with van der Waals surface area (Å²) in [5.41, 5.74) is 5.42. The van der Waals surface area contributed by atoms with Crippen molar-refractivity contribution in [2.75, 3.05) is 4.90 Å². The summed E-state index contributed by atoms with van der Waals surface area (Å²) in [6.45, 7) is 2.10. The summed E-state index contributed by atoms with van der Waals surface area (Å²) in [7, 11) is 0. The predicted molar refractivity (Wildman–Crippen MR) is 123 cm³/mol. The molecule has 0 radical (unpaired) electrons. The van der Waals surface area contributed by atoms with Crippen molar-refractivity contribution in [3.63, 3.8) is 0 Å². The lowest BCUT2D eigenvalue weighted by Gasteiger charge is -2.29. The van der Waals surface area contributed by atoms with Crippen LogP contribution in [-0.2, 0) is 0 Å². The van der Waals surface area contributed by atoms with Crippen molar-refractivity contribution in [2.45, 2.75) is 19.0 Å². The lowest BCUT2D eigenvalue weighted by Crippen LogP contribution is -2.30. The van der Waals surface area contributed by atoms with Gasteiger partial charge in [-0.05, 0) is 73.2 Å². The van der Waals surface area contributed by atoms with Crippen LogP contribution < -0.4 is 10.2 Å². The highest BCUT2D eigenvalue weighted by Crippen LogP contribution is 2.42. The molecule has 1 fully saturated rings. The SMILES string of the molecule is Cc1cccc(N2C(=S)N[C@H](c3ccccn3)[C@H]2c2cccn2-c2ccncc2)c1. The number of rotatable bonds is 4. The largest absolute Gasteiger partial charge is 0.351 e. The van der Waals surface area contributed by atoms with Gasteiger partial charge in [0.2, 0.25) is 0 Å². The Morgan fingerprint density at radius 1 is 0.900 bits per heavy atom. The molecule has 148 valence electrons. The Morgan fingerprint density at radius 2 is 1.77 bits per heavy atom. The minimum Gasteiger partial charge on any atom is -0.351 e. The number of benzene rings is 1. The Kier molecular flexibility index (Phi) is 4.77. The molecule has 0 bridgehead atoms. The second-order valence-electron chi connectivity index (χ2n) is 7.34. The first-order chi connectivity index (χ1) is 14.7. The topological polar surface area (TPSA) is 46.0 Å². The molecule has 2 atom stereocenters. The molecule has 3 aromatic heterocycles. The number of pyridine rings is 2. The quantitative estimate of drug-likeness (QED) is 0.491. The van der Waals surface area contributed by atoms with Crippen LogP contribution in [-0.4, -0.2) is 19.6 Å². The van der Waals surface area contributed by atoms with E-state index in [-0.39, 0.29) is 12.1 Å². The highest BCUT2D eigenvalue weighted by atomic mass is 32.1. The lowest BCUT2D eigenvalue weighted by atomic mass is 10.0. The number of aryl methyl sites for hydroxylation is 1. The Bertz CT molecular complexity index is 1170. The van der Waals surface area contributed by atoms with E-state index in [0.29, 0.717) is 5.11 Å². The number of aromatic nitrogens is 3. The second-order valence-corrected chi connectivity index (χ2v) is 7.73. The van der Waals surface area contributed by atoms with Gasteiger partial charge in [0.05, 0.1) is 11.7 Å². The number of hydrogen-bond donors (Lipinski definition) is 1. The van der Waals surface area contributed by atoms with E-state index in [9.17, 15) is 0 Å². The third-order valence-electron chi connectivity index (χ3n) is 5.40. The van der Waals surface area contributed by atoms with Gasteiger partial charge in [0, 0.05) is 41.9 Å². The van der Waals surface area contributed by atoms with Crippen LogP contribution >= 0.6 is 12.2 Å². The molecule has 4 aromatic rings. The molecule has 1 saturated heterocycles. The average molecular weight is 412 g/mol. The third-order valence-corrected chi connectivity index (χ3v) is 5.72. The summed E-state index contributed by atoms with van der Waals surface area (Å²) >= 11 is 5.82. The maximum Gasteiger partial charge on any atom is 0.174 e. The molecule has 5 rings (SSSR count). The molecule has 0 aliphatic carbocycles. The van der Waals surface area contributed by atoms with Gasteiger partial charge in [-0.1, -0.05) is 18.2 Å². The van der Waals surface area contributed by atoms with E-state index in [1.54, 1.807) is 0 Å². The minimum atomic E-state index is -0.0744. The number of anilines is 1. The zero-order valence-corrected chi connectivity index (χ0v) is 17.3. The summed E-state index contributed by atoms with van der Waals surface area (Å²) in [5.74, 6) is 0. The fraction of sp³-hybridized carbons (Fsp3) is 0.125. The van der Waals surface area contributed by atoms with Crippen molar-refractivity contribution >= 4 is 23.0 Å². The number of nitrogens with zero attached hydrogens (tertiary/aromatic N) is 4. The van der Waals surface area contributed by atoms with Crippen LogP contribution in [0.25, 0.3) is 5.69 Å². The first-order valence-electron chi connectivity index (χ1n) is 9.87. The third kappa shape index (κ3) is 3.25. The zero-order valence-electron chi connectivity index (χ0n) is 16.5. The predicted octanol–water partition coefficient (Wildman–Crippen LogP) is 4.75. The summed E-state index contributed by atoms with van der Waals surface area (Å²) in [4.78, 5) is 11.0. The van der Waals surface area contributed by atoms with Crippen LogP contribution in [0.1, 0.15) is 29.0 Å². The standard InChI is InChI=1S/C24H21N5S/c1-17-6-4-7-19(16-17)29-23(22(27-24(29)30)20-8-2-3-12-26-20)21-9-5-15-28(21)18-10-13-25-14-11-18/h2-16,22-23H,1H3,(H,27,30)/t22-,23-/m1/s1. The highest BCUT2D eigenvalue weighted by Gasteiger charge is 2.42. The summed E-state index contributed by atoms with van der Waals surface area (Å²) in [5, 5.41) is 4.22. The molecule has 1 N–H and O–H groups in total. The van der Waals surface area contributed by atoms with Crippen LogP contribution in [0.15, 0.2) is 91.5 Å². The molecule has 4 heterocycles. The molecule has 6 heteroatoms. The Labute approximate surface area is 181 Å². The molecule has 0 unspecified atom stereocenters. The fourth-order valence-electron chi connectivity index (χ4n) is 4.09. The second kappa shape index (κ2) is 7.72. The van der Waals surface area contributed by atoms with Crippen LogP contribution in [0, 0.1) is 6.92 Å². The maximum absolute atomic E-state index is 5.82. The molecular weight excluding hydrogens is 390 g/mol. The molecule has 0 amide bonds. The van der Waals surface area contributed by atoms with Crippen molar-refractivity contribution in [1.29, 1.82) is 0 Å². The lowest BCUT2D eigenvalue weighted by molar-refractivity contribution is 0.549. The van der Waals surface area contributed by atoms with E-state index >= 15 is 0 Å². The molecule has 0 saturated carbocycles. The summed E-state index contributed by atoms with van der Waals surface area (Å²) in [6.07, 6.45) is 7.53. The van der Waals surface area contributed by atoms with Crippen LogP contribution in [0.5, 0.6) is 0 Å². The van der Waals surface area contributed by atoms with Gasteiger partial charge in [-0.3, -0.25) is 9.97 Å². The first-order valence-corrected chi connectivity index (χ1v) is 10.3. The zero-order chi connectivity index (χ0) is 20.5. The van der Waals surface area contributed by atoms with Gasteiger partial charge in [0.1, 0.15) is 6.04 Å². The van der Waals surface area contributed by atoms with Gasteiger partial charge in [-0.2, -0.15) is 0 Å². The molecule has 1 aromatic carbocycles. The molecule has 1 aliphatic heterocycles. The Hall–Kier alpha value is -3.51. The monoisotopic (exact) mass is 411 g/mol. The van der Waals surface area contributed by atoms with Crippen LogP contribution in [0.2, 0.25) is 0 Å². The highest BCUT2D eigenvalue weighted by molar-refractivity contribution is 7.80. The fourth-order valence-corrected chi connectivity index (χ4v) is 4.43. The van der Waals surface area contributed by atoms with Crippen molar-refractivity contribution in [3.8, 4) is 5.69 Å². The van der Waals surface area contributed by atoms with Crippen molar-refractivity contribution in [3.05, 3.63) is 108 Å². The Morgan fingerprint density at radius 3 is 2.53 bits per heavy atom.